The molecule has 0 bridgehead atoms. The number of amides is 2. The van der Waals surface area contributed by atoms with Crippen LogP contribution in [0.5, 0.6) is 0 Å². The fourth-order valence-electron chi connectivity index (χ4n) is 2.65. The maximum absolute atomic E-state index is 12.2. The molecule has 2 rings (SSSR count). The summed E-state index contributed by atoms with van der Waals surface area (Å²) in [6.45, 7) is 3.97. The molecule has 0 saturated carbocycles. The predicted molar refractivity (Wildman–Crippen MR) is 86.1 cm³/mol. The summed E-state index contributed by atoms with van der Waals surface area (Å²) in [6, 6.07) is 0. The van der Waals surface area contributed by atoms with E-state index in [1.165, 1.54) is 17.8 Å². The third-order valence-corrected chi connectivity index (χ3v) is 5.02. The van der Waals surface area contributed by atoms with Crippen molar-refractivity contribution in [3.8, 4) is 0 Å². The molecule has 1 aliphatic rings. The number of nitrogen functional groups attached to an aromatic ring is 1. The van der Waals surface area contributed by atoms with E-state index in [1.807, 2.05) is 0 Å². The average molecular weight is 310 g/mol. The van der Waals surface area contributed by atoms with Gasteiger partial charge in [0.1, 0.15) is 9.88 Å². The molecule has 116 valence electrons. The number of carbonyl (C=O) groups excluding carboxylic acids is 2. The summed E-state index contributed by atoms with van der Waals surface area (Å²) in [6.07, 6.45) is 2.27. The van der Waals surface area contributed by atoms with Gasteiger partial charge in [0.25, 0.3) is 11.8 Å². The Hall–Kier alpha value is -1.76. The molecule has 0 spiro atoms. The second kappa shape index (κ2) is 6.34. The van der Waals surface area contributed by atoms with Crippen LogP contribution in [0.4, 0.5) is 10.7 Å². The first kappa shape index (κ1) is 15.6. The van der Waals surface area contributed by atoms with Crippen molar-refractivity contribution in [3.05, 3.63) is 10.4 Å². The van der Waals surface area contributed by atoms with Gasteiger partial charge in [0.05, 0.1) is 11.3 Å². The molecule has 1 aliphatic heterocycles. The number of thiophene rings is 1. The number of piperidine rings is 1. The molecule has 21 heavy (non-hydrogen) atoms. The minimum absolute atomic E-state index is 0.243. The van der Waals surface area contributed by atoms with E-state index in [0.29, 0.717) is 16.4 Å². The van der Waals surface area contributed by atoms with Crippen LogP contribution in [-0.4, -0.2) is 39.0 Å². The number of anilines is 2. The van der Waals surface area contributed by atoms with Gasteiger partial charge in [-0.05, 0) is 18.8 Å². The van der Waals surface area contributed by atoms with E-state index >= 15 is 0 Å². The highest BCUT2D eigenvalue weighted by Crippen LogP contribution is 2.39. The summed E-state index contributed by atoms with van der Waals surface area (Å²) in [7, 11) is 3.13. The Morgan fingerprint density at radius 3 is 2.52 bits per heavy atom. The van der Waals surface area contributed by atoms with Gasteiger partial charge in [0.2, 0.25) is 0 Å². The number of rotatable bonds is 3. The Labute approximate surface area is 128 Å². The van der Waals surface area contributed by atoms with Crippen LogP contribution in [0.2, 0.25) is 0 Å². The highest BCUT2D eigenvalue weighted by atomic mass is 32.1. The lowest BCUT2D eigenvalue weighted by molar-refractivity contribution is 0.0962. The Morgan fingerprint density at radius 2 is 1.95 bits per heavy atom. The Morgan fingerprint density at radius 1 is 1.29 bits per heavy atom. The summed E-state index contributed by atoms with van der Waals surface area (Å²) in [5.41, 5.74) is 6.76. The van der Waals surface area contributed by atoms with Gasteiger partial charge in [0.15, 0.2) is 0 Å². The quantitative estimate of drug-likeness (QED) is 0.785. The first-order valence-electron chi connectivity index (χ1n) is 7.11. The van der Waals surface area contributed by atoms with E-state index in [-0.39, 0.29) is 17.5 Å². The van der Waals surface area contributed by atoms with Crippen LogP contribution in [0.3, 0.4) is 0 Å². The van der Waals surface area contributed by atoms with Gasteiger partial charge in [-0.15, -0.1) is 11.3 Å². The fraction of sp³-hybridized carbons (Fsp3) is 0.571. The van der Waals surface area contributed by atoms with Crippen LogP contribution in [0.15, 0.2) is 0 Å². The number of hydrogen-bond acceptors (Lipinski definition) is 5. The van der Waals surface area contributed by atoms with E-state index < -0.39 is 0 Å². The van der Waals surface area contributed by atoms with Crippen LogP contribution in [0, 0.1) is 5.92 Å². The highest BCUT2D eigenvalue weighted by molar-refractivity contribution is 7.19. The van der Waals surface area contributed by atoms with Crippen molar-refractivity contribution in [2.24, 2.45) is 5.92 Å². The molecule has 6 nitrogen and oxygen atoms in total. The second-order valence-electron chi connectivity index (χ2n) is 5.38. The second-order valence-corrected chi connectivity index (χ2v) is 6.38. The predicted octanol–water partition coefficient (Wildman–Crippen LogP) is 1.29. The molecular formula is C14H22N4O2S. The molecule has 1 aromatic heterocycles. The zero-order chi connectivity index (χ0) is 15.6. The molecule has 1 saturated heterocycles. The van der Waals surface area contributed by atoms with E-state index in [9.17, 15) is 9.59 Å². The van der Waals surface area contributed by atoms with Crippen LogP contribution in [0.1, 0.15) is 39.8 Å². The van der Waals surface area contributed by atoms with Gasteiger partial charge < -0.3 is 21.3 Å². The molecule has 1 atom stereocenters. The topological polar surface area (TPSA) is 87.5 Å². The molecule has 7 heteroatoms. The van der Waals surface area contributed by atoms with Gasteiger partial charge in [0, 0.05) is 27.2 Å². The molecule has 0 aliphatic carbocycles. The van der Waals surface area contributed by atoms with Crippen molar-refractivity contribution in [3.63, 3.8) is 0 Å². The van der Waals surface area contributed by atoms with E-state index in [1.54, 1.807) is 14.1 Å². The number of carbonyl (C=O) groups is 2. The molecule has 2 amide bonds. The lowest BCUT2D eigenvalue weighted by atomic mass is 10.0. The zero-order valence-corrected chi connectivity index (χ0v) is 13.5. The van der Waals surface area contributed by atoms with Gasteiger partial charge in [-0.2, -0.15) is 0 Å². The lowest BCUT2D eigenvalue weighted by Gasteiger charge is -2.32. The van der Waals surface area contributed by atoms with Crippen molar-refractivity contribution in [2.75, 3.05) is 37.8 Å². The molecule has 0 radical (unpaired) electrons. The SMILES string of the molecule is CNC(=O)c1sc(N2CCCC(C)C2)c(C(=O)NC)c1N. The molecule has 2 heterocycles. The van der Waals surface area contributed by atoms with Crippen LogP contribution >= 0.6 is 11.3 Å². The third-order valence-electron chi connectivity index (χ3n) is 3.76. The maximum Gasteiger partial charge on any atom is 0.263 e. The lowest BCUT2D eigenvalue weighted by Crippen LogP contribution is -2.35. The summed E-state index contributed by atoms with van der Waals surface area (Å²) in [5, 5.41) is 5.99. The van der Waals surface area contributed by atoms with Crippen LogP contribution in [-0.2, 0) is 0 Å². The molecule has 1 fully saturated rings. The van der Waals surface area contributed by atoms with Crippen molar-refractivity contribution in [1.29, 1.82) is 0 Å². The van der Waals surface area contributed by atoms with Crippen LogP contribution in [0.25, 0.3) is 0 Å². The Bertz CT molecular complexity index is 555. The Kier molecular flexibility index (Phi) is 4.72. The fourth-order valence-corrected chi connectivity index (χ4v) is 3.85. The van der Waals surface area contributed by atoms with Crippen molar-refractivity contribution in [1.82, 2.24) is 10.6 Å². The van der Waals surface area contributed by atoms with E-state index in [4.69, 9.17) is 5.73 Å². The van der Waals surface area contributed by atoms with Gasteiger partial charge in [-0.25, -0.2) is 0 Å². The summed E-state index contributed by atoms with van der Waals surface area (Å²) < 4.78 is 0. The number of hydrogen-bond donors (Lipinski definition) is 3. The summed E-state index contributed by atoms with van der Waals surface area (Å²) in [4.78, 5) is 26.7. The number of nitrogens with zero attached hydrogens (tertiary/aromatic N) is 1. The third kappa shape index (κ3) is 2.97. The van der Waals surface area contributed by atoms with Gasteiger partial charge in [-0.1, -0.05) is 6.92 Å². The molecule has 4 N–H and O–H groups in total. The minimum atomic E-state index is -0.251. The van der Waals surface area contributed by atoms with E-state index in [0.717, 1.165) is 24.5 Å². The molecule has 1 unspecified atom stereocenters. The summed E-state index contributed by atoms with van der Waals surface area (Å²) in [5.74, 6) is 0.0779. The first-order chi connectivity index (χ1) is 9.99. The largest absolute Gasteiger partial charge is 0.397 e. The molecule has 1 aromatic rings. The minimum Gasteiger partial charge on any atom is -0.397 e. The van der Waals surface area contributed by atoms with Gasteiger partial charge >= 0.3 is 0 Å². The van der Waals surface area contributed by atoms with Gasteiger partial charge in [-0.3, -0.25) is 9.59 Å². The maximum atomic E-state index is 12.2. The normalized spacial score (nSPS) is 18.4. The Balaban J connectivity index is 2.47. The highest BCUT2D eigenvalue weighted by Gasteiger charge is 2.29. The van der Waals surface area contributed by atoms with Crippen molar-refractivity contribution >= 4 is 33.8 Å². The standard InChI is InChI=1S/C14H22N4O2S/c1-8-5-4-6-18(7-8)14-9(12(19)16-2)10(15)11(21-14)13(20)17-3/h8H,4-7,15H2,1-3H3,(H,16,19)(H,17,20). The van der Waals surface area contributed by atoms with Crippen LogP contribution < -0.4 is 21.3 Å². The zero-order valence-electron chi connectivity index (χ0n) is 12.7. The van der Waals surface area contributed by atoms with Crippen molar-refractivity contribution < 1.29 is 9.59 Å². The average Bonchev–Trinajstić information content (AvgIpc) is 2.83. The monoisotopic (exact) mass is 310 g/mol. The van der Waals surface area contributed by atoms with E-state index in [2.05, 4.69) is 22.5 Å². The summed E-state index contributed by atoms with van der Waals surface area (Å²) >= 11 is 1.30. The van der Waals surface area contributed by atoms with Crippen molar-refractivity contribution in [2.45, 2.75) is 19.8 Å². The molecular weight excluding hydrogens is 288 g/mol. The molecule has 0 aromatic carbocycles. The first-order valence-corrected chi connectivity index (χ1v) is 7.92. The smallest absolute Gasteiger partial charge is 0.263 e. The number of nitrogens with one attached hydrogen (secondary N) is 2. The number of nitrogens with two attached hydrogens (primary N) is 1.